The van der Waals surface area contributed by atoms with Gasteiger partial charge in [0.25, 0.3) is 5.97 Å². The maximum Gasteiger partial charge on any atom is 0.299 e. The summed E-state index contributed by atoms with van der Waals surface area (Å²) in [7, 11) is 4.64. The zero-order valence-corrected chi connectivity index (χ0v) is 12.4. The molecule has 0 heterocycles. The average molecular weight is 267 g/mol. The van der Waals surface area contributed by atoms with Gasteiger partial charge in [-0.2, -0.15) is 0 Å². The van der Waals surface area contributed by atoms with Crippen molar-refractivity contribution in [3.63, 3.8) is 0 Å². The van der Waals surface area contributed by atoms with E-state index in [9.17, 15) is 0 Å². The van der Waals surface area contributed by atoms with Gasteiger partial charge in [0.1, 0.15) is 5.38 Å². The van der Waals surface area contributed by atoms with Gasteiger partial charge in [-0.25, -0.2) is 0 Å². The third kappa shape index (κ3) is 6.05. The van der Waals surface area contributed by atoms with Gasteiger partial charge in [0, 0.05) is 21.3 Å². The first kappa shape index (κ1) is 17.2. The van der Waals surface area contributed by atoms with Crippen LogP contribution in [0.2, 0.25) is 0 Å². The summed E-state index contributed by atoms with van der Waals surface area (Å²) in [6, 6.07) is 0. The molecule has 17 heavy (non-hydrogen) atoms. The molecule has 1 atom stereocenters. The van der Waals surface area contributed by atoms with Gasteiger partial charge in [0.15, 0.2) is 0 Å². The number of methoxy groups -OCH3 is 3. The highest BCUT2D eigenvalue weighted by molar-refractivity contribution is 6.21. The molecule has 0 saturated carbocycles. The Hall–Kier alpha value is 0.170. The fourth-order valence-electron chi connectivity index (χ4n) is 1.91. The molecule has 0 spiro atoms. The molecule has 0 amide bonds. The Kier molecular flexibility index (Phi) is 10.2. The van der Waals surface area contributed by atoms with Crippen molar-refractivity contribution < 1.29 is 14.2 Å². The molecule has 1 unspecified atom stereocenters. The van der Waals surface area contributed by atoms with E-state index in [1.165, 1.54) is 32.1 Å². The van der Waals surface area contributed by atoms with Gasteiger partial charge >= 0.3 is 0 Å². The number of hydrogen-bond donors (Lipinski definition) is 0. The highest BCUT2D eigenvalue weighted by atomic mass is 35.5. The van der Waals surface area contributed by atoms with Crippen molar-refractivity contribution in [2.24, 2.45) is 0 Å². The maximum atomic E-state index is 6.27. The molecule has 0 aromatic carbocycles. The third-order valence-corrected chi connectivity index (χ3v) is 3.53. The van der Waals surface area contributed by atoms with Gasteiger partial charge < -0.3 is 14.2 Å². The van der Waals surface area contributed by atoms with Crippen molar-refractivity contribution in [2.75, 3.05) is 21.3 Å². The topological polar surface area (TPSA) is 27.7 Å². The molecule has 0 fully saturated rings. The van der Waals surface area contributed by atoms with E-state index in [-0.39, 0.29) is 5.38 Å². The van der Waals surface area contributed by atoms with E-state index >= 15 is 0 Å². The lowest BCUT2D eigenvalue weighted by Crippen LogP contribution is -2.45. The summed E-state index contributed by atoms with van der Waals surface area (Å²) in [4.78, 5) is 0. The molecule has 4 heteroatoms. The minimum Gasteiger partial charge on any atom is -0.330 e. The molecular weight excluding hydrogens is 240 g/mol. The highest BCUT2D eigenvalue weighted by Crippen LogP contribution is 2.27. The first-order chi connectivity index (χ1) is 8.16. The monoisotopic (exact) mass is 266 g/mol. The van der Waals surface area contributed by atoms with Crippen molar-refractivity contribution in [3.8, 4) is 0 Å². The van der Waals surface area contributed by atoms with E-state index in [0.717, 1.165) is 12.8 Å². The van der Waals surface area contributed by atoms with E-state index in [2.05, 4.69) is 6.92 Å². The van der Waals surface area contributed by atoms with Crippen LogP contribution in [-0.4, -0.2) is 32.7 Å². The van der Waals surface area contributed by atoms with E-state index < -0.39 is 5.97 Å². The first-order valence-electron chi connectivity index (χ1n) is 6.46. The molecule has 0 aromatic heterocycles. The molecule has 3 nitrogen and oxygen atoms in total. The fraction of sp³-hybridized carbons (Fsp3) is 1.00. The van der Waals surface area contributed by atoms with Crippen molar-refractivity contribution >= 4 is 11.6 Å². The van der Waals surface area contributed by atoms with Crippen molar-refractivity contribution in [1.29, 1.82) is 0 Å². The first-order valence-corrected chi connectivity index (χ1v) is 6.90. The Morgan fingerprint density at radius 3 is 1.82 bits per heavy atom. The van der Waals surface area contributed by atoms with Crippen LogP contribution in [0.25, 0.3) is 0 Å². The summed E-state index contributed by atoms with van der Waals surface area (Å²) >= 11 is 6.27. The fourth-order valence-corrected chi connectivity index (χ4v) is 2.34. The van der Waals surface area contributed by atoms with Gasteiger partial charge in [-0.1, -0.05) is 45.4 Å². The Labute approximate surface area is 111 Å². The molecular formula is C13H27ClO3. The lowest BCUT2D eigenvalue weighted by Gasteiger charge is -2.32. The smallest absolute Gasteiger partial charge is 0.299 e. The van der Waals surface area contributed by atoms with Gasteiger partial charge in [-0.05, 0) is 6.42 Å². The normalized spacial score (nSPS) is 13.9. The highest BCUT2D eigenvalue weighted by Gasteiger charge is 2.38. The number of halogens is 1. The number of hydrogen-bond acceptors (Lipinski definition) is 3. The molecule has 104 valence electrons. The summed E-state index contributed by atoms with van der Waals surface area (Å²) in [6.45, 7) is 2.22. The van der Waals surface area contributed by atoms with E-state index in [1.807, 2.05) is 0 Å². The van der Waals surface area contributed by atoms with Crippen LogP contribution in [0, 0.1) is 0 Å². The molecule has 0 aliphatic carbocycles. The maximum absolute atomic E-state index is 6.27. The Bertz CT molecular complexity index is 164. The van der Waals surface area contributed by atoms with Crippen LogP contribution in [0.15, 0.2) is 0 Å². The molecule has 0 aromatic rings. The second-order valence-electron chi connectivity index (χ2n) is 4.24. The minimum atomic E-state index is -1.11. The largest absolute Gasteiger partial charge is 0.330 e. The van der Waals surface area contributed by atoms with Crippen LogP contribution < -0.4 is 0 Å². The summed E-state index contributed by atoms with van der Waals surface area (Å²) in [6.07, 6.45) is 8.31. The predicted octanol–water partition coefficient (Wildman–Crippen LogP) is 3.94. The second-order valence-corrected chi connectivity index (χ2v) is 4.77. The van der Waals surface area contributed by atoms with Crippen LogP contribution in [0.3, 0.4) is 0 Å². The zero-order valence-electron chi connectivity index (χ0n) is 11.6. The SMILES string of the molecule is CCCCCCCCC(Cl)C(OC)(OC)OC. The zero-order chi connectivity index (χ0) is 13.1. The van der Waals surface area contributed by atoms with Gasteiger partial charge in [-0.15, -0.1) is 11.6 Å². The Morgan fingerprint density at radius 1 is 0.882 bits per heavy atom. The van der Waals surface area contributed by atoms with Gasteiger partial charge in [0.05, 0.1) is 0 Å². The average Bonchev–Trinajstić information content (AvgIpc) is 2.36. The number of alkyl halides is 1. The molecule has 0 saturated heterocycles. The lowest BCUT2D eigenvalue weighted by atomic mass is 10.1. The number of ether oxygens (including phenoxy) is 3. The summed E-state index contributed by atoms with van der Waals surface area (Å²) in [5.41, 5.74) is 0. The molecule has 0 bridgehead atoms. The lowest BCUT2D eigenvalue weighted by molar-refractivity contribution is -0.352. The van der Waals surface area contributed by atoms with E-state index in [1.54, 1.807) is 21.3 Å². The molecule has 0 radical (unpaired) electrons. The summed E-state index contributed by atoms with van der Waals surface area (Å²) in [5.74, 6) is -1.11. The molecule has 0 aliphatic rings. The van der Waals surface area contributed by atoms with E-state index in [0.29, 0.717) is 0 Å². The van der Waals surface area contributed by atoms with Crippen molar-refractivity contribution in [1.82, 2.24) is 0 Å². The third-order valence-electron chi connectivity index (χ3n) is 3.05. The van der Waals surface area contributed by atoms with Crippen LogP contribution in [-0.2, 0) is 14.2 Å². The standard InChI is InChI=1S/C13H27ClO3/c1-5-6-7-8-9-10-11-12(14)13(15-2,16-3)17-4/h12H,5-11H2,1-4H3. The van der Waals surface area contributed by atoms with Crippen molar-refractivity contribution in [3.05, 3.63) is 0 Å². The summed E-state index contributed by atoms with van der Waals surface area (Å²) in [5, 5.41) is -0.284. The molecule has 0 aliphatic heterocycles. The van der Waals surface area contributed by atoms with Gasteiger partial charge in [-0.3, -0.25) is 0 Å². The Morgan fingerprint density at radius 2 is 1.35 bits per heavy atom. The number of rotatable bonds is 11. The van der Waals surface area contributed by atoms with Crippen LogP contribution in [0.4, 0.5) is 0 Å². The predicted molar refractivity (Wildman–Crippen MR) is 71.4 cm³/mol. The number of unbranched alkanes of at least 4 members (excludes halogenated alkanes) is 5. The van der Waals surface area contributed by atoms with Crippen LogP contribution >= 0.6 is 11.6 Å². The second kappa shape index (κ2) is 10.1. The molecule has 0 N–H and O–H groups in total. The van der Waals surface area contributed by atoms with Gasteiger partial charge in [0.2, 0.25) is 0 Å². The van der Waals surface area contributed by atoms with Crippen LogP contribution in [0.5, 0.6) is 0 Å². The van der Waals surface area contributed by atoms with Crippen molar-refractivity contribution in [2.45, 2.75) is 63.2 Å². The summed E-state index contributed by atoms with van der Waals surface area (Å²) < 4.78 is 15.7. The quantitative estimate of drug-likeness (QED) is 0.322. The molecule has 0 rings (SSSR count). The van der Waals surface area contributed by atoms with Crippen LogP contribution in [0.1, 0.15) is 51.9 Å². The van der Waals surface area contributed by atoms with E-state index in [4.69, 9.17) is 25.8 Å². The Balaban J connectivity index is 3.79. The minimum absolute atomic E-state index is 0.284.